The van der Waals surface area contributed by atoms with Gasteiger partial charge in [-0.25, -0.2) is 4.39 Å². The highest BCUT2D eigenvalue weighted by atomic mass is 35.5. The molecule has 1 aromatic carbocycles. The first-order valence-electron chi connectivity index (χ1n) is 6.74. The number of rotatable bonds is 7. The van der Waals surface area contributed by atoms with Gasteiger partial charge >= 0.3 is 0 Å². The third-order valence-electron chi connectivity index (χ3n) is 3.14. The van der Waals surface area contributed by atoms with Crippen LogP contribution in [-0.2, 0) is 6.42 Å². The predicted molar refractivity (Wildman–Crippen MR) is 90.0 cm³/mol. The molecular formula is C15H22Cl2FN3. The second-order valence-electron chi connectivity index (χ2n) is 4.70. The number of benzene rings is 1. The summed E-state index contributed by atoms with van der Waals surface area (Å²) in [5.74, 6) is -0.218. The van der Waals surface area contributed by atoms with E-state index in [1.165, 1.54) is 25.0 Å². The van der Waals surface area contributed by atoms with E-state index in [0.29, 0.717) is 0 Å². The molecular weight excluding hydrogens is 312 g/mol. The van der Waals surface area contributed by atoms with Gasteiger partial charge in [0, 0.05) is 11.3 Å². The highest BCUT2D eigenvalue weighted by molar-refractivity contribution is 5.85. The van der Waals surface area contributed by atoms with E-state index >= 15 is 0 Å². The summed E-state index contributed by atoms with van der Waals surface area (Å²) >= 11 is 0. The Kier molecular flexibility index (Phi) is 10.0. The number of unbranched alkanes of at least 4 members (excludes halogenated alkanes) is 2. The fraction of sp³-hybridized carbons (Fsp3) is 0.400. The molecule has 0 amide bonds. The minimum absolute atomic E-state index is 0. The zero-order valence-electron chi connectivity index (χ0n) is 12.1. The molecule has 1 aromatic heterocycles. The Balaban J connectivity index is 0.00000200. The van der Waals surface area contributed by atoms with Crippen molar-refractivity contribution in [1.29, 1.82) is 0 Å². The summed E-state index contributed by atoms with van der Waals surface area (Å²) in [4.78, 5) is 0. The smallest absolute Gasteiger partial charge is 0.123 e. The van der Waals surface area contributed by atoms with Gasteiger partial charge in [-0.1, -0.05) is 6.42 Å². The van der Waals surface area contributed by atoms with Crippen LogP contribution in [0.4, 0.5) is 4.39 Å². The fourth-order valence-corrected chi connectivity index (χ4v) is 2.05. The van der Waals surface area contributed by atoms with Crippen molar-refractivity contribution in [2.75, 3.05) is 13.6 Å². The molecule has 21 heavy (non-hydrogen) atoms. The second-order valence-corrected chi connectivity index (χ2v) is 4.70. The molecule has 0 spiro atoms. The zero-order chi connectivity index (χ0) is 13.5. The first-order chi connectivity index (χ1) is 9.29. The van der Waals surface area contributed by atoms with Gasteiger partial charge in [0.2, 0.25) is 0 Å². The van der Waals surface area contributed by atoms with Crippen molar-refractivity contribution in [2.24, 2.45) is 0 Å². The van der Waals surface area contributed by atoms with Gasteiger partial charge in [0.15, 0.2) is 0 Å². The summed E-state index contributed by atoms with van der Waals surface area (Å²) in [6.07, 6.45) is 4.59. The third kappa shape index (κ3) is 6.46. The van der Waals surface area contributed by atoms with Crippen molar-refractivity contribution < 1.29 is 4.39 Å². The molecule has 6 heteroatoms. The Morgan fingerprint density at radius 1 is 1.10 bits per heavy atom. The number of hydrogen-bond donors (Lipinski definition) is 2. The normalized spacial score (nSPS) is 9.81. The standard InChI is InChI=1S/C15H20FN3.2ClH/c1-17-10-4-2-3-5-14-11-15(19-18-14)12-6-8-13(16)9-7-12;;/h6-9,11,17H,2-5,10H2,1H3,(H,18,19);2*1H. The summed E-state index contributed by atoms with van der Waals surface area (Å²) in [6.45, 7) is 1.07. The largest absolute Gasteiger partial charge is 0.320 e. The highest BCUT2D eigenvalue weighted by Gasteiger charge is 2.04. The number of H-pyrrole nitrogens is 1. The molecule has 3 nitrogen and oxygen atoms in total. The van der Waals surface area contributed by atoms with Crippen molar-refractivity contribution in [3.05, 3.63) is 41.8 Å². The number of aromatic nitrogens is 2. The molecule has 0 bridgehead atoms. The van der Waals surface area contributed by atoms with Crippen LogP contribution in [0.1, 0.15) is 25.0 Å². The lowest BCUT2D eigenvalue weighted by molar-refractivity contribution is 0.628. The Morgan fingerprint density at radius 3 is 2.48 bits per heavy atom. The van der Waals surface area contributed by atoms with E-state index in [2.05, 4.69) is 15.5 Å². The van der Waals surface area contributed by atoms with Gasteiger partial charge in [0.05, 0.1) is 5.69 Å². The molecule has 0 unspecified atom stereocenters. The van der Waals surface area contributed by atoms with Crippen LogP contribution in [0, 0.1) is 5.82 Å². The molecule has 0 aliphatic carbocycles. The number of aromatic amines is 1. The Bertz CT molecular complexity index is 500. The van der Waals surface area contributed by atoms with E-state index in [4.69, 9.17) is 0 Å². The molecule has 0 aliphatic heterocycles. The molecule has 118 valence electrons. The summed E-state index contributed by atoms with van der Waals surface area (Å²) in [5.41, 5.74) is 2.97. The summed E-state index contributed by atoms with van der Waals surface area (Å²) in [5, 5.41) is 10.5. The second kappa shape index (κ2) is 10.6. The molecule has 0 fully saturated rings. The van der Waals surface area contributed by atoms with Crippen LogP contribution in [0.3, 0.4) is 0 Å². The maximum atomic E-state index is 12.8. The molecule has 1 heterocycles. The third-order valence-corrected chi connectivity index (χ3v) is 3.14. The van der Waals surface area contributed by atoms with Crippen LogP contribution in [0.25, 0.3) is 11.3 Å². The van der Waals surface area contributed by atoms with Crippen LogP contribution < -0.4 is 5.32 Å². The number of nitrogens with zero attached hydrogens (tertiary/aromatic N) is 1. The van der Waals surface area contributed by atoms with Gasteiger partial charge in [0.1, 0.15) is 5.82 Å². The van der Waals surface area contributed by atoms with Gasteiger partial charge in [-0.2, -0.15) is 5.10 Å². The summed E-state index contributed by atoms with van der Waals surface area (Å²) in [6, 6.07) is 8.47. The lowest BCUT2D eigenvalue weighted by Crippen LogP contribution is -2.07. The molecule has 0 radical (unpaired) electrons. The molecule has 0 saturated heterocycles. The lowest BCUT2D eigenvalue weighted by Gasteiger charge is -1.98. The van der Waals surface area contributed by atoms with E-state index in [1.807, 2.05) is 13.1 Å². The number of aryl methyl sites for hydroxylation is 1. The molecule has 2 N–H and O–H groups in total. The number of halogens is 3. The first-order valence-corrected chi connectivity index (χ1v) is 6.74. The van der Waals surface area contributed by atoms with Gasteiger partial charge < -0.3 is 5.32 Å². The van der Waals surface area contributed by atoms with Crippen LogP contribution in [0.5, 0.6) is 0 Å². The fourth-order valence-electron chi connectivity index (χ4n) is 2.05. The monoisotopic (exact) mass is 333 g/mol. The van der Waals surface area contributed by atoms with E-state index < -0.39 is 0 Å². The quantitative estimate of drug-likeness (QED) is 0.752. The number of nitrogens with one attached hydrogen (secondary N) is 2. The number of hydrogen-bond acceptors (Lipinski definition) is 2. The van der Waals surface area contributed by atoms with E-state index in [1.54, 1.807) is 12.1 Å². The Hall–Kier alpha value is -1.10. The maximum absolute atomic E-state index is 12.8. The first kappa shape index (κ1) is 19.9. The average molecular weight is 334 g/mol. The van der Waals surface area contributed by atoms with Gasteiger partial charge in [-0.15, -0.1) is 24.8 Å². The molecule has 0 saturated carbocycles. The summed E-state index contributed by atoms with van der Waals surface area (Å²) < 4.78 is 12.8. The van der Waals surface area contributed by atoms with Crippen molar-refractivity contribution in [1.82, 2.24) is 15.5 Å². The van der Waals surface area contributed by atoms with E-state index in [9.17, 15) is 4.39 Å². The van der Waals surface area contributed by atoms with Crippen LogP contribution >= 0.6 is 24.8 Å². The lowest BCUT2D eigenvalue weighted by atomic mass is 10.1. The minimum Gasteiger partial charge on any atom is -0.320 e. The van der Waals surface area contributed by atoms with E-state index in [-0.39, 0.29) is 30.6 Å². The van der Waals surface area contributed by atoms with E-state index in [0.717, 1.165) is 36.3 Å². The maximum Gasteiger partial charge on any atom is 0.123 e. The van der Waals surface area contributed by atoms with Crippen molar-refractivity contribution in [3.63, 3.8) is 0 Å². The molecule has 0 atom stereocenters. The summed E-state index contributed by atoms with van der Waals surface area (Å²) in [7, 11) is 1.98. The van der Waals surface area contributed by atoms with Gasteiger partial charge in [-0.3, -0.25) is 5.10 Å². The van der Waals surface area contributed by atoms with Crippen LogP contribution in [0.2, 0.25) is 0 Å². The van der Waals surface area contributed by atoms with Crippen LogP contribution in [0.15, 0.2) is 30.3 Å². The van der Waals surface area contributed by atoms with Gasteiger partial charge in [0.25, 0.3) is 0 Å². The Morgan fingerprint density at radius 2 is 1.81 bits per heavy atom. The SMILES string of the molecule is CNCCCCCc1cc(-c2ccc(F)cc2)n[nH]1.Cl.Cl. The molecule has 0 aliphatic rings. The van der Waals surface area contributed by atoms with Crippen molar-refractivity contribution in [2.45, 2.75) is 25.7 Å². The van der Waals surface area contributed by atoms with Gasteiger partial charge in [-0.05, 0) is 63.2 Å². The highest BCUT2D eigenvalue weighted by Crippen LogP contribution is 2.18. The topological polar surface area (TPSA) is 40.7 Å². The zero-order valence-corrected chi connectivity index (χ0v) is 13.7. The minimum atomic E-state index is -0.218. The Labute approximate surface area is 137 Å². The molecule has 2 aromatic rings. The molecule has 2 rings (SSSR count). The van der Waals surface area contributed by atoms with Crippen molar-refractivity contribution >= 4 is 24.8 Å². The van der Waals surface area contributed by atoms with Crippen molar-refractivity contribution in [3.8, 4) is 11.3 Å². The predicted octanol–water partition coefficient (Wildman–Crippen LogP) is 3.99. The average Bonchev–Trinajstić information content (AvgIpc) is 2.88. The van der Waals surface area contributed by atoms with Crippen LogP contribution in [-0.4, -0.2) is 23.8 Å².